The van der Waals surface area contributed by atoms with Crippen LogP contribution in [0.25, 0.3) is 0 Å². The first kappa shape index (κ1) is 21.5. The topological polar surface area (TPSA) is 129 Å². The number of carbonyl (C=O) groups excluding carboxylic acids is 1. The molecule has 4 rings (SSSR count). The van der Waals surface area contributed by atoms with Gasteiger partial charge in [-0.25, -0.2) is 4.98 Å². The van der Waals surface area contributed by atoms with Crippen molar-refractivity contribution in [1.82, 2.24) is 19.7 Å². The number of ether oxygens (including phenoxy) is 2. The van der Waals surface area contributed by atoms with E-state index in [1.54, 1.807) is 18.0 Å². The fraction of sp³-hybridized carbons (Fsp3) is 0.500. The van der Waals surface area contributed by atoms with Crippen LogP contribution < -0.4 is 16.4 Å². The largest absolute Gasteiger partial charge is 0.382 e. The molecule has 0 unspecified atom stereocenters. The van der Waals surface area contributed by atoms with Crippen LogP contribution in [0.1, 0.15) is 6.42 Å². The number of nitrogens with zero attached hydrogens (tertiary/aromatic N) is 4. The van der Waals surface area contributed by atoms with Gasteiger partial charge in [0.2, 0.25) is 11.9 Å². The van der Waals surface area contributed by atoms with Crippen molar-refractivity contribution in [2.75, 3.05) is 37.6 Å². The Hall–Kier alpha value is -2.69. The summed E-state index contributed by atoms with van der Waals surface area (Å²) in [7, 11) is 1.64. The standard InChI is InChI=1S/C20H26ClN7O3/c1-30-6-7-31-5-4-28-11-14(9-24-28)25-20-23-10-15(21)19(27-20)26-17-13-3-2-12(8-13)16(17)18(22)29/h2-3,9-13,16-17H,4-8H2,1H3,(H2,22,29)(H2,23,25,26,27)/t12-,13+,16+,17-/m1/s1. The molecular weight excluding hydrogens is 422 g/mol. The van der Waals surface area contributed by atoms with E-state index in [-0.39, 0.29) is 29.7 Å². The van der Waals surface area contributed by atoms with Crippen molar-refractivity contribution in [2.45, 2.75) is 19.0 Å². The average Bonchev–Trinajstić information content (AvgIpc) is 3.47. The van der Waals surface area contributed by atoms with Gasteiger partial charge < -0.3 is 25.8 Å². The van der Waals surface area contributed by atoms with Gasteiger partial charge in [0.25, 0.3) is 0 Å². The molecule has 1 fully saturated rings. The lowest BCUT2D eigenvalue weighted by Crippen LogP contribution is -2.41. The molecule has 0 aliphatic heterocycles. The quantitative estimate of drug-likeness (QED) is 0.351. The van der Waals surface area contributed by atoms with Crippen molar-refractivity contribution in [3.8, 4) is 0 Å². The van der Waals surface area contributed by atoms with Crippen LogP contribution in [-0.2, 0) is 20.8 Å². The molecule has 0 radical (unpaired) electrons. The zero-order chi connectivity index (χ0) is 21.8. The Morgan fingerprint density at radius 1 is 1.29 bits per heavy atom. The Kier molecular flexibility index (Phi) is 6.69. The van der Waals surface area contributed by atoms with Crippen LogP contribution in [0.3, 0.4) is 0 Å². The molecule has 31 heavy (non-hydrogen) atoms. The molecule has 4 atom stereocenters. The second-order valence-corrected chi connectivity index (χ2v) is 8.07. The lowest BCUT2D eigenvalue weighted by atomic mass is 9.88. The number of nitrogens with one attached hydrogen (secondary N) is 2. The third kappa shape index (κ3) is 4.97. The summed E-state index contributed by atoms with van der Waals surface area (Å²) in [4.78, 5) is 20.7. The van der Waals surface area contributed by atoms with E-state index in [1.165, 1.54) is 6.20 Å². The number of carbonyl (C=O) groups is 1. The molecule has 0 saturated heterocycles. The molecule has 166 valence electrons. The Labute approximate surface area is 185 Å². The first-order valence-corrected chi connectivity index (χ1v) is 10.6. The highest BCUT2D eigenvalue weighted by Gasteiger charge is 2.47. The van der Waals surface area contributed by atoms with Crippen molar-refractivity contribution in [3.05, 3.63) is 35.8 Å². The van der Waals surface area contributed by atoms with E-state index >= 15 is 0 Å². The highest BCUT2D eigenvalue weighted by atomic mass is 35.5. The molecule has 4 N–H and O–H groups in total. The van der Waals surface area contributed by atoms with Crippen LogP contribution >= 0.6 is 11.6 Å². The molecule has 2 aliphatic carbocycles. The summed E-state index contributed by atoms with van der Waals surface area (Å²) in [5.41, 5.74) is 6.38. The van der Waals surface area contributed by atoms with Crippen molar-refractivity contribution in [3.63, 3.8) is 0 Å². The SMILES string of the molecule is COCCOCCn1cc(Nc2ncc(Cl)c(N[C@H]3[C@@H](C(N)=O)[C@@H]4C=C[C@H]3C4)n2)cn1. The normalized spacial score (nSPS) is 23.9. The highest BCUT2D eigenvalue weighted by molar-refractivity contribution is 6.32. The van der Waals surface area contributed by atoms with Crippen LogP contribution in [0.4, 0.5) is 17.5 Å². The van der Waals surface area contributed by atoms with Crippen LogP contribution in [0.15, 0.2) is 30.7 Å². The summed E-state index contributed by atoms with van der Waals surface area (Å²) < 4.78 is 12.2. The molecule has 0 spiro atoms. The molecular formula is C20H26ClN7O3. The number of fused-ring (bicyclic) bond motifs is 2. The van der Waals surface area contributed by atoms with Crippen molar-refractivity contribution >= 4 is 35.0 Å². The average molecular weight is 448 g/mol. The van der Waals surface area contributed by atoms with E-state index in [1.807, 2.05) is 6.20 Å². The monoisotopic (exact) mass is 447 g/mol. The van der Waals surface area contributed by atoms with Gasteiger partial charge in [0, 0.05) is 19.3 Å². The summed E-state index contributed by atoms with van der Waals surface area (Å²) in [5, 5.41) is 11.1. The summed E-state index contributed by atoms with van der Waals surface area (Å²) in [6.07, 6.45) is 10.2. The Morgan fingerprint density at radius 2 is 2.13 bits per heavy atom. The van der Waals surface area contributed by atoms with Gasteiger partial charge in [-0.05, 0) is 18.3 Å². The fourth-order valence-electron chi connectivity index (χ4n) is 4.18. The van der Waals surface area contributed by atoms with E-state index in [9.17, 15) is 4.79 Å². The third-order valence-corrected chi connectivity index (χ3v) is 5.90. The minimum absolute atomic E-state index is 0.131. The molecule has 10 nitrogen and oxygen atoms in total. The number of amides is 1. The molecule has 1 amide bonds. The minimum atomic E-state index is -0.309. The van der Waals surface area contributed by atoms with E-state index < -0.39 is 0 Å². The van der Waals surface area contributed by atoms with E-state index in [0.29, 0.717) is 43.2 Å². The Balaban J connectivity index is 1.38. The van der Waals surface area contributed by atoms with Crippen molar-refractivity contribution in [2.24, 2.45) is 23.5 Å². The molecule has 2 aromatic heterocycles. The van der Waals surface area contributed by atoms with Crippen molar-refractivity contribution < 1.29 is 14.3 Å². The van der Waals surface area contributed by atoms with Gasteiger partial charge in [-0.2, -0.15) is 10.1 Å². The second kappa shape index (κ2) is 9.63. The number of allylic oxidation sites excluding steroid dienone is 1. The molecule has 2 bridgehead atoms. The van der Waals surface area contributed by atoms with E-state index in [2.05, 4.69) is 37.9 Å². The van der Waals surface area contributed by atoms with E-state index in [0.717, 1.165) is 12.1 Å². The zero-order valence-electron chi connectivity index (χ0n) is 17.2. The summed E-state index contributed by atoms with van der Waals surface area (Å²) in [5.74, 6) is 0.655. The highest BCUT2D eigenvalue weighted by Crippen LogP contribution is 2.45. The third-order valence-electron chi connectivity index (χ3n) is 5.62. The number of hydrogen-bond acceptors (Lipinski definition) is 8. The van der Waals surface area contributed by atoms with Crippen LogP contribution in [0.5, 0.6) is 0 Å². The fourth-order valence-corrected chi connectivity index (χ4v) is 4.32. The van der Waals surface area contributed by atoms with Gasteiger partial charge in [0.05, 0.1) is 50.4 Å². The maximum atomic E-state index is 12.0. The van der Waals surface area contributed by atoms with Gasteiger partial charge in [-0.3, -0.25) is 9.48 Å². The molecule has 0 aromatic carbocycles. The van der Waals surface area contributed by atoms with E-state index in [4.69, 9.17) is 26.8 Å². The van der Waals surface area contributed by atoms with Crippen LogP contribution in [-0.4, -0.2) is 58.6 Å². The number of anilines is 3. The van der Waals surface area contributed by atoms with Gasteiger partial charge in [-0.1, -0.05) is 23.8 Å². The van der Waals surface area contributed by atoms with Gasteiger partial charge in [-0.15, -0.1) is 0 Å². The number of hydrogen-bond donors (Lipinski definition) is 3. The second-order valence-electron chi connectivity index (χ2n) is 7.66. The lowest BCUT2D eigenvalue weighted by molar-refractivity contribution is -0.122. The number of nitrogens with two attached hydrogens (primary N) is 1. The summed E-state index contributed by atoms with van der Waals surface area (Å²) >= 11 is 6.32. The van der Waals surface area contributed by atoms with Crippen LogP contribution in [0, 0.1) is 17.8 Å². The number of methoxy groups -OCH3 is 1. The molecule has 2 aliphatic rings. The maximum absolute atomic E-state index is 12.0. The van der Waals surface area contributed by atoms with Gasteiger partial charge in [0.1, 0.15) is 5.02 Å². The first-order valence-electron chi connectivity index (χ1n) is 10.2. The molecule has 2 heterocycles. The lowest BCUT2D eigenvalue weighted by Gasteiger charge is -2.27. The zero-order valence-corrected chi connectivity index (χ0v) is 18.0. The Morgan fingerprint density at radius 3 is 2.94 bits per heavy atom. The first-order chi connectivity index (χ1) is 15.0. The number of primary amides is 1. The van der Waals surface area contributed by atoms with Crippen molar-refractivity contribution in [1.29, 1.82) is 0 Å². The number of aromatic nitrogens is 4. The van der Waals surface area contributed by atoms with Crippen LogP contribution in [0.2, 0.25) is 5.02 Å². The summed E-state index contributed by atoms with van der Waals surface area (Å²) in [6, 6.07) is -0.131. The van der Waals surface area contributed by atoms with Gasteiger partial charge in [0.15, 0.2) is 5.82 Å². The Bertz CT molecular complexity index is 951. The van der Waals surface area contributed by atoms with Gasteiger partial charge >= 0.3 is 0 Å². The minimum Gasteiger partial charge on any atom is -0.382 e. The smallest absolute Gasteiger partial charge is 0.229 e. The number of halogens is 1. The summed E-state index contributed by atoms with van der Waals surface area (Å²) in [6.45, 7) is 2.27. The predicted molar refractivity (Wildman–Crippen MR) is 116 cm³/mol. The maximum Gasteiger partial charge on any atom is 0.229 e. The predicted octanol–water partition coefficient (Wildman–Crippen LogP) is 1.82. The molecule has 11 heteroatoms. The molecule has 2 aromatic rings. The number of rotatable bonds is 11. The molecule has 1 saturated carbocycles.